The van der Waals surface area contributed by atoms with E-state index in [9.17, 15) is 0 Å². The second-order valence-electron chi connectivity index (χ2n) is 5.57. The van der Waals surface area contributed by atoms with Crippen LogP contribution in [-0.2, 0) is 0 Å². The lowest BCUT2D eigenvalue weighted by molar-refractivity contribution is 0.397. The summed E-state index contributed by atoms with van der Waals surface area (Å²) in [6.07, 6.45) is 1.21. The van der Waals surface area contributed by atoms with Gasteiger partial charge in [-0.3, -0.25) is 0 Å². The van der Waals surface area contributed by atoms with Gasteiger partial charge in [-0.05, 0) is 30.7 Å². The summed E-state index contributed by atoms with van der Waals surface area (Å²) >= 11 is 0. The Morgan fingerprint density at radius 2 is 2.06 bits per heavy atom. The molecule has 0 radical (unpaired) electrons. The average Bonchev–Trinajstić information content (AvgIpc) is 2.86. The van der Waals surface area contributed by atoms with Crippen molar-refractivity contribution in [2.75, 3.05) is 7.11 Å². The van der Waals surface area contributed by atoms with Gasteiger partial charge in [0, 0.05) is 11.6 Å². The summed E-state index contributed by atoms with van der Waals surface area (Å²) in [7, 11) is 1.71. The summed E-state index contributed by atoms with van der Waals surface area (Å²) < 4.78 is 5.39. The van der Waals surface area contributed by atoms with E-state index in [0.29, 0.717) is 11.3 Å². The van der Waals surface area contributed by atoms with E-state index in [0.717, 1.165) is 11.3 Å². The van der Waals surface area contributed by atoms with Gasteiger partial charge in [0.2, 0.25) is 0 Å². The molecule has 2 heteroatoms. The van der Waals surface area contributed by atoms with E-state index in [-0.39, 0.29) is 6.04 Å². The molecule has 1 aliphatic carbocycles. The van der Waals surface area contributed by atoms with E-state index in [4.69, 9.17) is 10.5 Å². The first kappa shape index (κ1) is 11.5. The molecule has 0 amide bonds. The molecule has 2 rings (SSSR count). The van der Waals surface area contributed by atoms with Gasteiger partial charge in [0.15, 0.2) is 0 Å². The van der Waals surface area contributed by atoms with Crippen LogP contribution in [0.3, 0.4) is 0 Å². The third kappa shape index (κ3) is 1.94. The second-order valence-corrected chi connectivity index (χ2v) is 5.57. The van der Waals surface area contributed by atoms with Crippen LogP contribution in [0, 0.1) is 18.3 Å². The fraction of sp³-hybridized carbons (Fsp3) is 0.571. The smallest absolute Gasteiger partial charge is 0.123 e. The minimum absolute atomic E-state index is 0.102. The summed E-state index contributed by atoms with van der Waals surface area (Å²) in [6.45, 7) is 6.65. The highest BCUT2D eigenvalue weighted by molar-refractivity contribution is 5.40. The third-order valence-electron chi connectivity index (χ3n) is 3.77. The standard InChI is InChI=1S/C14H21NO/c1-9-5-6-12(16-4)10(7-9)13(15)11-8-14(11,2)3/h5-7,11,13H,8,15H2,1-4H3. The summed E-state index contributed by atoms with van der Waals surface area (Å²) in [5, 5.41) is 0. The second kappa shape index (κ2) is 3.77. The monoisotopic (exact) mass is 219 g/mol. The molecule has 2 N–H and O–H groups in total. The fourth-order valence-corrected chi connectivity index (χ4v) is 2.45. The summed E-state index contributed by atoms with van der Waals surface area (Å²) in [6, 6.07) is 6.33. The van der Waals surface area contributed by atoms with Gasteiger partial charge in [0.25, 0.3) is 0 Å². The predicted octanol–water partition coefficient (Wildman–Crippen LogP) is 3.05. The van der Waals surface area contributed by atoms with Crippen molar-refractivity contribution < 1.29 is 4.74 Å². The van der Waals surface area contributed by atoms with E-state index < -0.39 is 0 Å². The molecule has 0 heterocycles. The summed E-state index contributed by atoms with van der Waals surface area (Å²) in [4.78, 5) is 0. The Balaban J connectivity index is 2.29. The average molecular weight is 219 g/mol. The minimum Gasteiger partial charge on any atom is -0.496 e. The largest absolute Gasteiger partial charge is 0.496 e. The Morgan fingerprint density at radius 3 is 2.56 bits per heavy atom. The van der Waals surface area contributed by atoms with Crippen LogP contribution in [0.25, 0.3) is 0 Å². The molecule has 1 saturated carbocycles. The van der Waals surface area contributed by atoms with Crippen LogP contribution >= 0.6 is 0 Å². The Kier molecular flexibility index (Phi) is 2.70. The van der Waals surface area contributed by atoms with Crippen LogP contribution in [0.2, 0.25) is 0 Å². The quantitative estimate of drug-likeness (QED) is 0.848. The lowest BCUT2D eigenvalue weighted by atomic mass is 9.96. The van der Waals surface area contributed by atoms with Gasteiger partial charge in [-0.25, -0.2) is 0 Å². The molecule has 2 atom stereocenters. The van der Waals surface area contributed by atoms with E-state index >= 15 is 0 Å². The molecule has 1 aliphatic rings. The number of ether oxygens (including phenoxy) is 1. The molecule has 88 valence electrons. The zero-order chi connectivity index (χ0) is 11.9. The van der Waals surface area contributed by atoms with Gasteiger partial charge in [-0.1, -0.05) is 31.5 Å². The minimum atomic E-state index is 0.102. The van der Waals surface area contributed by atoms with Crippen molar-refractivity contribution in [3.05, 3.63) is 29.3 Å². The first-order valence-electron chi connectivity index (χ1n) is 5.86. The zero-order valence-electron chi connectivity index (χ0n) is 10.6. The van der Waals surface area contributed by atoms with Gasteiger partial charge in [0.1, 0.15) is 5.75 Å². The molecule has 0 saturated heterocycles. The molecular weight excluding hydrogens is 198 g/mol. The predicted molar refractivity (Wildman–Crippen MR) is 66.5 cm³/mol. The molecule has 0 aromatic heterocycles. The molecule has 1 aromatic carbocycles. The molecule has 0 aliphatic heterocycles. The highest BCUT2D eigenvalue weighted by Crippen LogP contribution is 2.57. The molecule has 1 fully saturated rings. The van der Waals surface area contributed by atoms with E-state index in [1.165, 1.54) is 12.0 Å². The van der Waals surface area contributed by atoms with Gasteiger partial charge in [0.05, 0.1) is 7.11 Å². The molecular formula is C14H21NO. The Hall–Kier alpha value is -1.02. The van der Waals surface area contributed by atoms with Crippen LogP contribution in [0.15, 0.2) is 18.2 Å². The molecule has 16 heavy (non-hydrogen) atoms. The number of methoxy groups -OCH3 is 1. The van der Waals surface area contributed by atoms with Crippen molar-refractivity contribution in [3.8, 4) is 5.75 Å². The van der Waals surface area contributed by atoms with E-state index in [1.807, 2.05) is 6.07 Å². The molecule has 0 spiro atoms. The Bertz CT molecular complexity index is 398. The highest BCUT2D eigenvalue weighted by atomic mass is 16.5. The van der Waals surface area contributed by atoms with Gasteiger partial charge < -0.3 is 10.5 Å². The van der Waals surface area contributed by atoms with Crippen molar-refractivity contribution in [1.82, 2.24) is 0 Å². The van der Waals surface area contributed by atoms with Crippen molar-refractivity contribution in [3.63, 3.8) is 0 Å². The van der Waals surface area contributed by atoms with Crippen LogP contribution in [0.4, 0.5) is 0 Å². The lowest BCUT2D eigenvalue weighted by Crippen LogP contribution is -2.16. The number of aryl methyl sites for hydroxylation is 1. The zero-order valence-corrected chi connectivity index (χ0v) is 10.6. The maximum absolute atomic E-state index is 6.34. The first-order chi connectivity index (χ1) is 7.45. The maximum atomic E-state index is 6.34. The van der Waals surface area contributed by atoms with Crippen LogP contribution < -0.4 is 10.5 Å². The summed E-state index contributed by atoms with van der Waals surface area (Å²) in [5.74, 6) is 1.50. The number of benzene rings is 1. The van der Waals surface area contributed by atoms with Crippen molar-refractivity contribution in [2.45, 2.75) is 33.2 Å². The van der Waals surface area contributed by atoms with E-state index in [1.54, 1.807) is 7.11 Å². The van der Waals surface area contributed by atoms with E-state index in [2.05, 4.69) is 32.9 Å². The molecule has 0 bridgehead atoms. The molecule has 1 aromatic rings. The van der Waals surface area contributed by atoms with Gasteiger partial charge in [-0.2, -0.15) is 0 Å². The third-order valence-corrected chi connectivity index (χ3v) is 3.77. The van der Waals surface area contributed by atoms with Gasteiger partial charge >= 0.3 is 0 Å². The maximum Gasteiger partial charge on any atom is 0.123 e. The van der Waals surface area contributed by atoms with Crippen LogP contribution in [0.1, 0.15) is 37.4 Å². The first-order valence-corrected chi connectivity index (χ1v) is 5.86. The number of rotatable bonds is 3. The lowest BCUT2D eigenvalue weighted by Gasteiger charge is -2.17. The Morgan fingerprint density at radius 1 is 1.44 bits per heavy atom. The number of nitrogens with two attached hydrogens (primary N) is 1. The molecule has 2 unspecified atom stereocenters. The number of hydrogen-bond acceptors (Lipinski definition) is 2. The fourth-order valence-electron chi connectivity index (χ4n) is 2.45. The summed E-state index contributed by atoms with van der Waals surface area (Å²) in [5.41, 5.74) is 9.13. The van der Waals surface area contributed by atoms with Crippen molar-refractivity contribution >= 4 is 0 Å². The van der Waals surface area contributed by atoms with Crippen molar-refractivity contribution in [1.29, 1.82) is 0 Å². The SMILES string of the molecule is COc1ccc(C)cc1C(N)C1CC1(C)C. The highest BCUT2D eigenvalue weighted by Gasteiger charge is 2.49. The molecule has 2 nitrogen and oxygen atoms in total. The Labute approximate surface area is 97.8 Å². The topological polar surface area (TPSA) is 35.2 Å². The van der Waals surface area contributed by atoms with Crippen LogP contribution in [-0.4, -0.2) is 7.11 Å². The van der Waals surface area contributed by atoms with Gasteiger partial charge in [-0.15, -0.1) is 0 Å². The number of hydrogen-bond donors (Lipinski definition) is 1. The normalized spacial score (nSPS) is 23.9. The van der Waals surface area contributed by atoms with Crippen molar-refractivity contribution in [2.24, 2.45) is 17.1 Å². The van der Waals surface area contributed by atoms with Crippen LogP contribution in [0.5, 0.6) is 5.75 Å².